The summed E-state index contributed by atoms with van der Waals surface area (Å²) in [4.78, 5) is 2.24. The van der Waals surface area contributed by atoms with Crippen LogP contribution >= 0.6 is 15.9 Å². The summed E-state index contributed by atoms with van der Waals surface area (Å²) in [6.45, 7) is 2.68. The van der Waals surface area contributed by atoms with Crippen molar-refractivity contribution in [2.75, 3.05) is 27.3 Å². The average molecular weight is 258 g/mol. The SMILES string of the molecule is COCCN(C)Cc1ccccc1Br. The van der Waals surface area contributed by atoms with E-state index in [4.69, 9.17) is 4.74 Å². The molecule has 0 aliphatic rings. The van der Waals surface area contributed by atoms with Crippen molar-refractivity contribution >= 4 is 15.9 Å². The van der Waals surface area contributed by atoms with Crippen molar-refractivity contribution in [3.8, 4) is 0 Å². The minimum absolute atomic E-state index is 0.779. The fourth-order valence-electron chi connectivity index (χ4n) is 1.24. The van der Waals surface area contributed by atoms with Gasteiger partial charge in [0.2, 0.25) is 0 Å². The molecule has 78 valence electrons. The summed E-state index contributed by atoms with van der Waals surface area (Å²) in [6, 6.07) is 8.29. The van der Waals surface area contributed by atoms with E-state index < -0.39 is 0 Å². The Balaban J connectivity index is 2.47. The Labute approximate surface area is 94.0 Å². The Kier molecular flexibility index (Phi) is 5.15. The lowest BCUT2D eigenvalue weighted by Gasteiger charge is -2.16. The maximum Gasteiger partial charge on any atom is 0.0589 e. The second kappa shape index (κ2) is 6.17. The van der Waals surface area contributed by atoms with Crippen LogP contribution in [0.4, 0.5) is 0 Å². The molecule has 0 aliphatic heterocycles. The summed E-state index contributed by atoms with van der Waals surface area (Å²) in [6.07, 6.45) is 0. The molecule has 0 fully saturated rings. The molecule has 0 amide bonds. The molecule has 1 rings (SSSR count). The molecular weight excluding hydrogens is 242 g/mol. The molecule has 0 aromatic heterocycles. The van der Waals surface area contributed by atoms with Gasteiger partial charge in [0, 0.05) is 24.7 Å². The van der Waals surface area contributed by atoms with Gasteiger partial charge >= 0.3 is 0 Å². The first kappa shape index (κ1) is 11.7. The van der Waals surface area contributed by atoms with Gasteiger partial charge in [0.05, 0.1) is 6.61 Å². The topological polar surface area (TPSA) is 12.5 Å². The van der Waals surface area contributed by atoms with Gasteiger partial charge in [-0.25, -0.2) is 0 Å². The van der Waals surface area contributed by atoms with E-state index in [0.29, 0.717) is 0 Å². The van der Waals surface area contributed by atoms with Gasteiger partial charge in [0.15, 0.2) is 0 Å². The van der Waals surface area contributed by atoms with Gasteiger partial charge in [0.25, 0.3) is 0 Å². The van der Waals surface area contributed by atoms with Crippen molar-refractivity contribution in [2.45, 2.75) is 6.54 Å². The molecule has 0 atom stereocenters. The maximum atomic E-state index is 5.03. The largest absolute Gasteiger partial charge is 0.383 e. The van der Waals surface area contributed by atoms with E-state index >= 15 is 0 Å². The van der Waals surface area contributed by atoms with Crippen molar-refractivity contribution in [3.05, 3.63) is 34.3 Å². The lowest BCUT2D eigenvalue weighted by Crippen LogP contribution is -2.22. The summed E-state index contributed by atoms with van der Waals surface area (Å²) in [5, 5.41) is 0. The summed E-state index contributed by atoms with van der Waals surface area (Å²) >= 11 is 3.54. The Morgan fingerprint density at radius 3 is 2.71 bits per heavy atom. The summed E-state index contributed by atoms with van der Waals surface area (Å²) in [5.74, 6) is 0. The first-order valence-electron chi connectivity index (χ1n) is 4.65. The zero-order valence-corrected chi connectivity index (χ0v) is 10.3. The van der Waals surface area contributed by atoms with E-state index in [0.717, 1.165) is 19.7 Å². The molecule has 0 radical (unpaired) electrons. The highest BCUT2D eigenvalue weighted by Crippen LogP contribution is 2.16. The van der Waals surface area contributed by atoms with Crippen LogP contribution in [-0.4, -0.2) is 32.2 Å². The zero-order chi connectivity index (χ0) is 10.4. The number of nitrogens with zero attached hydrogens (tertiary/aromatic N) is 1. The minimum Gasteiger partial charge on any atom is -0.383 e. The van der Waals surface area contributed by atoms with Crippen LogP contribution in [0, 0.1) is 0 Å². The highest BCUT2D eigenvalue weighted by atomic mass is 79.9. The first-order chi connectivity index (χ1) is 6.74. The van der Waals surface area contributed by atoms with Gasteiger partial charge in [-0.3, -0.25) is 4.90 Å². The fraction of sp³-hybridized carbons (Fsp3) is 0.455. The van der Waals surface area contributed by atoms with Crippen LogP contribution in [0.15, 0.2) is 28.7 Å². The van der Waals surface area contributed by atoms with E-state index in [1.165, 1.54) is 10.0 Å². The van der Waals surface area contributed by atoms with E-state index in [-0.39, 0.29) is 0 Å². The van der Waals surface area contributed by atoms with Crippen LogP contribution < -0.4 is 0 Å². The van der Waals surface area contributed by atoms with E-state index in [1.54, 1.807) is 7.11 Å². The molecular formula is C11H16BrNO. The van der Waals surface area contributed by atoms with Gasteiger partial charge < -0.3 is 4.74 Å². The Hall–Kier alpha value is -0.380. The Morgan fingerprint density at radius 1 is 1.36 bits per heavy atom. The van der Waals surface area contributed by atoms with E-state index in [2.05, 4.69) is 46.1 Å². The minimum atomic E-state index is 0.779. The summed E-state index contributed by atoms with van der Waals surface area (Å²) < 4.78 is 6.20. The van der Waals surface area contributed by atoms with Crippen LogP contribution in [0.5, 0.6) is 0 Å². The molecule has 0 unspecified atom stereocenters. The highest BCUT2D eigenvalue weighted by molar-refractivity contribution is 9.10. The van der Waals surface area contributed by atoms with Crippen molar-refractivity contribution in [1.82, 2.24) is 4.90 Å². The number of ether oxygens (including phenoxy) is 1. The van der Waals surface area contributed by atoms with E-state index in [1.807, 2.05) is 6.07 Å². The molecule has 3 heteroatoms. The summed E-state index contributed by atoms with van der Waals surface area (Å²) in [5.41, 5.74) is 1.31. The number of methoxy groups -OCH3 is 1. The van der Waals surface area contributed by atoms with Gasteiger partial charge in [-0.1, -0.05) is 34.1 Å². The van der Waals surface area contributed by atoms with Crippen LogP contribution in [0.2, 0.25) is 0 Å². The quantitative estimate of drug-likeness (QED) is 0.804. The molecule has 0 N–H and O–H groups in total. The maximum absolute atomic E-state index is 5.03. The van der Waals surface area contributed by atoms with Gasteiger partial charge in [-0.2, -0.15) is 0 Å². The van der Waals surface area contributed by atoms with Gasteiger partial charge in [0.1, 0.15) is 0 Å². The predicted molar refractivity (Wildman–Crippen MR) is 62.4 cm³/mol. The average Bonchev–Trinajstić information content (AvgIpc) is 2.18. The highest BCUT2D eigenvalue weighted by Gasteiger charge is 2.02. The number of halogens is 1. The smallest absolute Gasteiger partial charge is 0.0589 e. The van der Waals surface area contributed by atoms with Crippen LogP contribution in [0.3, 0.4) is 0 Å². The predicted octanol–water partition coefficient (Wildman–Crippen LogP) is 2.53. The fourth-order valence-corrected chi connectivity index (χ4v) is 1.65. The van der Waals surface area contributed by atoms with Crippen molar-refractivity contribution in [3.63, 3.8) is 0 Å². The molecule has 0 heterocycles. The number of likely N-dealkylation sites (N-methyl/N-ethyl adjacent to an activating group) is 1. The second-order valence-corrected chi connectivity index (χ2v) is 4.18. The second-order valence-electron chi connectivity index (χ2n) is 3.32. The lowest BCUT2D eigenvalue weighted by molar-refractivity contribution is 0.158. The molecule has 0 saturated heterocycles. The normalized spacial score (nSPS) is 10.9. The summed E-state index contributed by atoms with van der Waals surface area (Å²) in [7, 11) is 3.82. The number of hydrogen-bond donors (Lipinski definition) is 0. The molecule has 0 saturated carbocycles. The molecule has 0 aliphatic carbocycles. The van der Waals surface area contributed by atoms with E-state index in [9.17, 15) is 0 Å². The molecule has 1 aromatic rings. The van der Waals surface area contributed by atoms with Gasteiger partial charge in [-0.05, 0) is 18.7 Å². The molecule has 1 aromatic carbocycles. The zero-order valence-electron chi connectivity index (χ0n) is 8.66. The first-order valence-corrected chi connectivity index (χ1v) is 5.44. The van der Waals surface area contributed by atoms with Crippen LogP contribution in [0.25, 0.3) is 0 Å². The number of rotatable bonds is 5. The van der Waals surface area contributed by atoms with Crippen LogP contribution in [-0.2, 0) is 11.3 Å². The molecule has 0 bridgehead atoms. The third-order valence-electron chi connectivity index (χ3n) is 2.08. The van der Waals surface area contributed by atoms with Crippen molar-refractivity contribution < 1.29 is 4.74 Å². The third-order valence-corrected chi connectivity index (χ3v) is 2.85. The number of hydrogen-bond acceptors (Lipinski definition) is 2. The molecule has 0 spiro atoms. The molecule has 2 nitrogen and oxygen atoms in total. The molecule has 14 heavy (non-hydrogen) atoms. The Bertz CT molecular complexity index is 278. The lowest BCUT2D eigenvalue weighted by atomic mass is 10.2. The van der Waals surface area contributed by atoms with Crippen LogP contribution in [0.1, 0.15) is 5.56 Å². The monoisotopic (exact) mass is 257 g/mol. The van der Waals surface area contributed by atoms with Crippen molar-refractivity contribution in [1.29, 1.82) is 0 Å². The van der Waals surface area contributed by atoms with Gasteiger partial charge in [-0.15, -0.1) is 0 Å². The number of benzene rings is 1. The standard InChI is InChI=1S/C11H16BrNO/c1-13(7-8-14-2)9-10-5-3-4-6-11(10)12/h3-6H,7-9H2,1-2H3. The third kappa shape index (κ3) is 3.78. The van der Waals surface area contributed by atoms with Crippen molar-refractivity contribution in [2.24, 2.45) is 0 Å². The Morgan fingerprint density at radius 2 is 2.07 bits per heavy atom.